The Hall–Kier alpha value is -0.770. The number of aliphatic hydroxyl groups excluding tert-OH is 1. The third-order valence-electron chi connectivity index (χ3n) is 2.82. The molecule has 0 saturated carbocycles. The van der Waals surface area contributed by atoms with Gasteiger partial charge in [0.2, 0.25) is 0 Å². The molecule has 18 heavy (non-hydrogen) atoms. The van der Waals surface area contributed by atoms with E-state index in [1.165, 1.54) is 0 Å². The van der Waals surface area contributed by atoms with Gasteiger partial charge in [0.25, 0.3) is 0 Å². The molecule has 0 bridgehead atoms. The van der Waals surface area contributed by atoms with Crippen LogP contribution in [0.3, 0.4) is 0 Å². The van der Waals surface area contributed by atoms with Crippen LogP contribution in [0.1, 0.15) is 17.2 Å². The van der Waals surface area contributed by atoms with Crippen LogP contribution in [0.2, 0.25) is 0 Å². The maximum absolute atomic E-state index is 10.3. The SMILES string of the molecule is CSc1ccccc1C(O)Cc1cccc(Br)c1. The Morgan fingerprint density at radius 1 is 1.17 bits per heavy atom. The summed E-state index contributed by atoms with van der Waals surface area (Å²) in [6.07, 6.45) is 2.21. The van der Waals surface area contributed by atoms with Gasteiger partial charge in [-0.3, -0.25) is 0 Å². The van der Waals surface area contributed by atoms with Crippen molar-refractivity contribution in [2.75, 3.05) is 6.26 Å². The zero-order valence-electron chi connectivity index (χ0n) is 10.1. The molecule has 0 aromatic heterocycles. The highest BCUT2D eigenvalue weighted by molar-refractivity contribution is 9.10. The van der Waals surface area contributed by atoms with Crippen LogP contribution in [0, 0.1) is 0 Å². The molecule has 0 aliphatic carbocycles. The average Bonchev–Trinajstić information content (AvgIpc) is 2.38. The molecule has 1 atom stereocenters. The highest BCUT2D eigenvalue weighted by Gasteiger charge is 2.12. The molecule has 94 valence electrons. The highest BCUT2D eigenvalue weighted by Crippen LogP contribution is 2.28. The number of thioether (sulfide) groups is 1. The summed E-state index contributed by atoms with van der Waals surface area (Å²) in [5, 5.41) is 10.3. The van der Waals surface area contributed by atoms with Crippen molar-refractivity contribution in [3.05, 3.63) is 64.1 Å². The largest absolute Gasteiger partial charge is 0.388 e. The quantitative estimate of drug-likeness (QED) is 0.839. The lowest BCUT2D eigenvalue weighted by Gasteiger charge is -2.14. The number of aliphatic hydroxyl groups is 1. The number of hydrogen-bond donors (Lipinski definition) is 1. The topological polar surface area (TPSA) is 20.2 Å². The molecule has 0 radical (unpaired) electrons. The second kappa shape index (κ2) is 6.41. The molecular weight excluding hydrogens is 308 g/mol. The van der Waals surface area contributed by atoms with E-state index in [9.17, 15) is 5.11 Å². The van der Waals surface area contributed by atoms with Gasteiger partial charge in [0.15, 0.2) is 0 Å². The average molecular weight is 323 g/mol. The highest BCUT2D eigenvalue weighted by atomic mass is 79.9. The van der Waals surface area contributed by atoms with Crippen LogP contribution in [0.15, 0.2) is 57.9 Å². The molecule has 1 unspecified atom stereocenters. The van der Waals surface area contributed by atoms with Crippen LogP contribution in [-0.4, -0.2) is 11.4 Å². The maximum Gasteiger partial charge on any atom is 0.0841 e. The summed E-state index contributed by atoms with van der Waals surface area (Å²) in [4.78, 5) is 1.14. The van der Waals surface area contributed by atoms with E-state index in [-0.39, 0.29) is 0 Å². The van der Waals surface area contributed by atoms with Gasteiger partial charge < -0.3 is 5.11 Å². The summed E-state index contributed by atoms with van der Waals surface area (Å²) >= 11 is 5.12. The number of halogens is 1. The van der Waals surface area contributed by atoms with Gasteiger partial charge in [-0.1, -0.05) is 46.3 Å². The predicted octanol–water partition coefficient (Wildman–Crippen LogP) is 4.45. The molecule has 0 spiro atoms. The van der Waals surface area contributed by atoms with Gasteiger partial charge in [-0.2, -0.15) is 0 Å². The van der Waals surface area contributed by atoms with Gasteiger partial charge in [0.1, 0.15) is 0 Å². The summed E-state index contributed by atoms with van der Waals surface area (Å²) < 4.78 is 1.05. The Kier molecular flexibility index (Phi) is 4.87. The van der Waals surface area contributed by atoms with E-state index in [0.717, 1.165) is 20.5 Å². The van der Waals surface area contributed by atoms with Crippen molar-refractivity contribution in [3.63, 3.8) is 0 Å². The minimum Gasteiger partial charge on any atom is -0.388 e. The van der Waals surface area contributed by atoms with Crippen LogP contribution in [0.25, 0.3) is 0 Å². The Labute approximate surface area is 120 Å². The molecule has 0 saturated heterocycles. The van der Waals surface area contributed by atoms with E-state index in [2.05, 4.69) is 15.9 Å². The van der Waals surface area contributed by atoms with E-state index in [1.54, 1.807) is 11.8 Å². The van der Waals surface area contributed by atoms with E-state index in [1.807, 2.05) is 54.8 Å². The van der Waals surface area contributed by atoms with Crippen LogP contribution in [0.4, 0.5) is 0 Å². The minimum absolute atomic E-state index is 0.456. The molecule has 1 N–H and O–H groups in total. The Morgan fingerprint density at radius 3 is 2.67 bits per heavy atom. The van der Waals surface area contributed by atoms with Gasteiger partial charge >= 0.3 is 0 Å². The lowest BCUT2D eigenvalue weighted by atomic mass is 10.0. The fourth-order valence-corrected chi connectivity index (χ4v) is 3.04. The molecule has 2 aromatic rings. The van der Waals surface area contributed by atoms with Crippen molar-refractivity contribution >= 4 is 27.7 Å². The predicted molar refractivity (Wildman–Crippen MR) is 81.0 cm³/mol. The van der Waals surface area contributed by atoms with Gasteiger partial charge in [-0.15, -0.1) is 11.8 Å². The van der Waals surface area contributed by atoms with Crippen LogP contribution in [-0.2, 0) is 6.42 Å². The monoisotopic (exact) mass is 322 g/mol. The van der Waals surface area contributed by atoms with Crippen LogP contribution in [0.5, 0.6) is 0 Å². The van der Waals surface area contributed by atoms with E-state index >= 15 is 0 Å². The van der Waals surface area contributed by atoms with Gasteiger partial charge in [0, 0.05) is 15.8 Å². The van der Waals surface area contributed by atoms with Crippen molar-refractivity contribution in [2.45, 2.75) is 17.4 Å². The second-order valence-electron chi connectivity index (χ2n) is 4.09. The summed E-state index contributed by atoms with van der Waals surface area (Å²) in [5.41, 5.74) is 2.14. The first kappa shape index (κ1) is 13.7. The standard InChI is InChI=1S/C15H15BrOS/c1-18-15-8-3-2-7-13(15)14(17)10-11-5-4-6-12(16)9-11/h2-9,14,17H,10H2,1H3. The summed E-state index contributed by atoms with van der Waals surface area (Å²) in [7, 11) is 0. The van der Waals surface area contributed by atoms with Gasteiger partial charge in [-0.05, 0) is 35.6 Å². The van der Waals surface area contributed by atoms with Gasteiger partial charge in [0.05, 0.1) is 6.10 Å². The third kappa shape index (κ3) is 3.37. The zero-order valence-corrected chi connectivity index (χ0v) is 12.5. The van der Waals surface area contributed by atoms with E-state index < -0.39 is 6.10 Å². The summed E-state index contributed by atoms with van der Waals surface area (Å²) in [6, 6.07) is 16.1. The Balaban J connectivity index is 2.19. The fourth-order valence-electron chi connectivity index (χ4n) is 1.94. The number of benzene rings is 2. The van der Waals surface area contributed by atoms with Gasteiger partial charge in [-0.25, -0.2) is 0 Å². The van der Waals surface area contributed by atoms with Crippen molar-refractivity contribution in [1.29, 1.82) is 0 Å². The van der Waals surface area contributed by atoms with Crippen molar-refractivity contribution in [1.82, 2.24) is 0 Å². The number of rotatable bonds is 4. The minimum atomic E-state index is -0.456. The molecule has 1 nitrogen and oxygen atoms in total. The molecule has 0 aliphatic rings. The lowest BCUT2D eigenvalue weighted by Crippen LogP contribution is -2.03. The Bertz CT molecular complexity index is 527. The Morgan fingerprint density at radius 2 is 1.94 bits per heavy atom. The molecule has 2 aromatic carbocycles. The molecule has 0 heterocycles. The zero-order chi connectivity index (χ0) is 13.0. The van der Waals surface area contributed by atoms with Crippen LogP contribution < -0.4 is 0 Å². The molecule has 0 fully saturated rings. The first-order valence-corrected chi connectivity index (χ1v) is 7.78. The van der Waals surface area contributed by atoms with Crippen molar-refractivity contribution in [2.24, 2.45) is 0 Å². The molecule has 0 amide bonds. The number of hydrogen-bond acceptors (Lipinski definition) is 2. The second-order valence-corrected chi connectivity index (χ2v) is 5.86. The maximum atomic E-state index is 10.3. The molecule has 0 aliphatic heterocycles. The normalized spacial score (nSPS) is 12.4. The first-order valence-electron chi connectivity index (χ1n) is 5.76. The third-order valence-corrected chi connectivity index (χ3v) is 4.12. The van der Waals surface area contributed by atoms with Crippen molar-refractivity contribution < 1.29 is 5.11 Å². The van der Waals surface area contributed by atoms with E-state index in [0.29, 0.717) is 6.42 Å². The first-order chi connectivity index (χ1) is 8.70. The molecule has 2 rings (SSSR count). The molecular formula is C15H15BrOS. The van der Waals surface area contributed by atoms with Crippen molar-refractivity contribution in [3.8, 4) is 0 Å². The smallest absolute Gasteiger partial charge is 0.0841 e. The van der Waals surface area contributed by atoms with Crippen LogP contribution >= 0.6 is 27.7 Å². The fraction of sp³-hybridized carbons (Fsp3) is 0.200. The molecule has 3 heteroatoms. The lowest BCUT2D eigenvalue weighted by molar-refractivity contribution is 0.175. The summed E-state index contributed by atoms with van der Waals surface area (Å²) in [5.74, 6) is 0. The summed E-state index contributed by atoms with van der Waals surface area (Å²) in [6.45, 7) is 0. The van der Waals surface area contributed by atoms with E-state index in [4.69, 9.17) is 0 Å².